The number of nitrogens with one attached hydrogen (secondary N) is 1. The first-order valence-electron chi connectivity index (χ1n) is 9.86. The number of rotatable bonds is 6. The molecule has 1 amide bonds. The van der Waals surface area contributed by atoms with Crippen molar-refractivity contribution in [2.45, 2.75) is 63.0 Å². The fourth-order valence-electron chi connectivity index (χ4n) is 4.36. The lowest BCUT2D eigenvalue weighted by molar-refractivity contribution is -0.0707. The number of nitrogens with zero attached hydrogens (tertiary/aromatic N) is 1. The number of hydrogen-bond acceptors (Lipinski definition) is 4. The van der Waals surface area contributed by atoms with Crippen molar-refractivity contribution in [3.8, 4) is 0 Å². The minimum atomic E-state index is -3.56. The van der Waals surface area contributed by atoms with E-state index in [9.17, 15) is 13.2 Å². The van der Waals surface area contributed by atoms with Gasteiger partial charge in [-0.05, 0) is 69.1 Å². The minimum Gasteiger partial charge on any atom is -0.378 e. The van der Waals surface area contributed by atoms with Gasteiger partial charge in [-0.3, -0.25) is 4.79 Å². The van der Waals surface area contributed by atoms with E-state index in [2.05, 4.69) is 4.72 Å². The number of ether oxygens (including phenoxy) is 1. The molecule has 7 heteroatoms. The molecule has 1 spiro atoms. The molecule has 0 bridgehead atoms. The van der Waals surface area contributed by atoms with Crippen molar-refractivity contribution >= 4 is 15.9 Å². The van der Waals surface area contributed by atoms with Crippen molar-refractivity contribution in [1.29, 1.82) is 0 Å². The summed E-state index contributed by atoms with van der Waals surface area (Å²) in [6.07, 6.45) is 5.13. The molecule has 1 saturated heterocycles. The van der Waals surface area contributed by atoms with E-state index in [0.29, 0.717) is 11.7 Å². The van der Waals surface area contributed by atoms with Crippen molar-refractivity contribution in [1.82, 2.24) is 9.62 Å². The van der Waals surface area contributed by atoms with Gasteiger partial charge >= 0.3 is 0 Å². The fraction of sp³-hybridized carbons (Fsp3) is 0.650. The van der Waals surface area contributed by atoms with Crippen LogP contribution in [0.2, 0.25) is 0 Å². The SMILES string of the molecule is CCOC1CC2(CCN(C(=O)c3cc(S(=O)(=O)NC4CC4)ccc3C)C2)C1. The van der Waals surface area contributed by atoms with E-state index in [1.165, 1.54) is 6.07 Å². The number of benzene rings is 1. The molecule has 1 aliphatic heterocycles. The number of aryl methyl sites for hydroxylation is 1. The van der Waals surface area contributed by atoms with E-state index in [4.69, 9.17) is 4.74 Å². The lowest BCUT2D eigenvalue weighted by Gasteiger charge is -2.44. The summed E-state index contributed by atoms with van der Waals surface area (Å²) in [6, 6.07) is 4.90. The van der Waals surface area contributed by atoms with Gasteiger partial charge < -0.3 is 9.64 Å². The summed E-state index contributed by atoms with van der Waals surface area (Å²) in [7, 11) is -3.56. The van der Waals surface area contributed by atoms with Gasteiger partial charge in [0.2, 0.25) is 10.0 Å². The molecule has 27 heavy (non-hydrogen) atoms. The van der Waals surface area contributed by atoms with Crippen LogP contribution in [0.25, 0.3) is 0 Å². The third kappa shape index (κ3) is 3.77. The van der Waals surface area contributed by atoms with Gasteiger partial charge in [0.15, 0.2) is 0 Å². The van der Waals surface area contributed by atoms with Crippen LogP contribution in [0.1, 0.15) is 54.9 Å². The Hall–Kier alpha value is -1.44. The molecule has 3 aliphatic rings. The van der Waals surface area contributed by atoms with E-state index in [1.807, 2.05) is 18.7 Å². The summed E-state index contributed by atoms with van der Waals surface area (Å²) in [5.41, 5.74) is 1.50. The monoisotopic (exact) mass is 392 g/mol. The quantitative estimate of drug-likeness (QED) is 0.807. The summed E-state index contributed by atoms with van der Waals surface area (Å²) in [6.45, 7) is 6.08. The van der Waals surface area contributed by atoms with Crippen LogP contribution in [0.5, 0.6) is 0 Å². The standard InChI is InChI=1S/C20H28N2O4S/c1-3-26-16-11-20(12-16)8-9-22(13-20)19(23)18-10-17(7-4-14(18)2)27(24,25)21-15-5-6-15/h4,7,10,15-16,21H,3,5-6,8-9,11-13H2,1-2H3. The molecule has 0 aromatic heterocycles. The molecule has 2 aliphatic carbocycles. The Labute approximate surface area is 161 Å². The second-order valence-electron chi connectivity index (χ2n) is 8.33. The maximum absolute atomic E-state index is 13.1. The van der Waals surface area contributed by atoms with Gasteiger partial charge in [-0.15, -0.1) is 0 Å². The Balaban J connectivity index is 1.48. The predicted octanol–water partition coefficient (Wildman–Crippen LogP) is 2.47. The van der Waals surface area contributed by atoms with Crippen molar-refractivity contribution in [3.63, 3.8) is 0 Å². The van der Waals surface area contributed by atoms with Gasteiger partial charge in [0, 0.05) is 31.3 Å². The Morgan fingerprint density at radius 1 is 1.33 bits per heavy atom. The van der Waals surface area contributed by atoms with Gasteiger partial charge in [-0.1, -0.05) is 6.07 Å². The van der Waals surface area contributed by atoms with Gasteiger partial charge in [-0.25, -0.2) is 13.1 Å². The maximum atomic E-state index is 13.1. The van der Waals surface area contributed by atoms with Crippen molar-refractivity contribution < 1.29 is 17.9 Å². The number of carbonyl (C=O) groups is 1. The van der Waals surface area contributed by atoms with E-state index in [-0.39, 0.29) is 22.3 Å². The van der Waals surface area contributed by atoms with Crippen molar-refractivity contribution in [3.05, 3.63) is 29.3 Å². The van der Waals surface area contributed by atoms with E-state index < -0.39 is 10.0 Å². The molecule has 1 aromatic rings. The molecule has 0 unspecified atom stereocenters. The van der Waals surface area contributed by atoms with E-state index in [0.717, 1.165) is 57.4 Å². The van der Waals surface area contributed by atoms with Crippen LogP contribution < -0.4 is 4.72 Å². The van der Waals surface area contributed by atoms with Crippen molar-refractivity contribution in [2.24, 2.45) is 5.41 Å². The molecule has 1 aromatic carbocycles. The number of carbonyl (C=O) groups excluding carboxylic acids is 1. The molecule has 0 radical (unpaired) electrons. The van der Waals surface area contributed by atoms with Crippen LogP contribution in [0, 0.1) is 12.3 Å². The second kappa shape index (κ2) is 6.87. The van der Waals surface area contributed by atoms with Crippen molar-refractivity contribution in [2.75, 3.05) is 19.7 Å². The van der Waals surface area contributed by atoms with Crippen LogP contribution in [-0.4, -0.2) is 51.1 Å². The third-order valence-corrected chi connectivity index (χ3v) is 7.62. The number of hydrogen-bond donors (Lipinski definition) is 1. The number of amides is 1. The largest absolute Gasteiger partial charge is 0.378 e. The second-order valence-corrected chi connectivity index (χ2v) is 10.0. The summed E-state index contributed by atoms with van der Waals surface area (Å²) in [5.74, 6) is -0.0623. The Kier molecular flexibility index (Phi) is 4.81. The molecule has 1 N–H and O–H groups in total. The zero-order valence-electron chi connectivity index (χ0n) is 16.0. The zero-order valence-corrected chi connectivity index (χ0v) is 16.8. The predicted molar refractivity (Wildman–Crippen MR) is 102 cm³/mol. The van der Waals surface area contributed by atoms with Crippen LogP contribution in [0.3, 0.4) is 0 Å². The smallest absolute Gasteiger partial charge is 0.254 e. The highest BCUT2D eigenvalue weighted by Crippen LogP contribution is 2.49. The average molecular weight is 393 g/mol. The van der Waals surface area contributed by atoms with Gasteiger partial charge in [0.25, 0.3) is 5.91 Å². The van der Waals surface area contributed by atoms with Crippen LogP contribution >= 0.6 is 0 Å². The minimum absolute atomic E-state index is 0.0470. The highest BCUT2D eigenvalue weighted by Gasteiger charge is 2.50. The highest BCUT2D eigenvalue weighted by molar-refractivity contribution is 7.89. The first-order chi connectivity index (χ1) is 12.8. The van der Waals surface area contributed by atoms with E-state index in [1.54, 1.807) is 12.1 Å². The summed E-state index contributed by atoms with van der Waals surface area (Å²) < 4.78 is 33.4. The van der Waals surface area contributed by atoms with Crippen LogP contribution in [-0.2, 0) is 14.8 Å². The Morgan fingerprint density at radius 2 is 2.07 bits per heavy atom. The molecule has 148 valence electrons. The van der Waals surface area contributed by atoms with E-state index >= 15 is 0 Å². The number of sulfonamides is 1. The average Bonchev–Trinajstić information content (AvgIpc) is 3.28. The zero-order chi connectivity index (χ0) is 19.2. The molecule has 6 nitrogen and oxygen atoms in total. The van der Waals surface area contributed by atoms with Crippen LogP contribution in [0.15, 0.2) is 23.1 Å². The summed E-state index contributed by atoms with van der Waals surface area (Å²) in [5, 5.41) is 0. The van der Waals surface area contributed by atoms with Crippen LogP contribution in [0.4, 0.5) is 0 Å². The molecule has 1 heterocycles. The summed E-state index contributed by atoms with van der Waals surface area (Å²) >= 11 is 0. The van der Waals surface area contributed by atoms with Gasteiger partial charge in [-0.2, -0.15) is 0 Å². The normalized spacial score (nSPS) is 27.8. The maximum Gasteiger partial charge on any atom is 0.254 e. The first kappa shape index (κ1) is 18.9. The first-order valence-corrected chi connectivity index (χ1v) is 11.3. The highest BCUT2D eigenvalue weighted by atomic mass is 32.2. The third-order valence-electron chi connectivity index (χ3n) is 6.10. The van der Waals surface area contributed by atoms with Gasteiger partial charge in [0.05, 0.1) is 11.0 Å². The molecular formula is C20H28N2O4S. The topological polar surface area (TPSA) is 75.7 Å². The summed E-state index contributed by atoms with van der Waals surface area (Å²) in [4.78, 5) is 15.2. The fourth-order valence-corrected chi connectivity index (χ4v) is 5.69. The number of likely N-dealkylation sites (tertiary alicyclic amines) is 1. The molecular weight excluding hydrogens is 364 g/mol. The lowest BCUT2D eigenvalue weighted by Crippen LogP contribution is -2.45. The molecule has 0 atom stereocenters. The molecule has 3 fully saturated rings. The molecule has 2 saturated carbocycles. The lowest BCUT2D eigenvalue weighted by atomic mass is 9.66. The Bertz CT molecular complexity index is 842. The van der Waals surface area contributed by atoms with Gasteiger partial charge in [0.1, 0.15) is 0 Å². The molecule has 4 rings (SSSR count). The Morgan fingerprint density at radius 3 is 2.74 bits per heavy atom.